The third-order valence-corrected chi connectivity index (χ3v) is 12.2. The second-order valence-corrected chi connectivity index (χ2v) is 15.1. The lowest BCUT2D eigenvalue weighted by atomic mass is 9.49. The summed E-state index contributed by atoms with van der Waals surface area (Å²) in [5.41, 5.74) is 3.33. The summed E-state index contributed by atoms with van der Waals surface area (Å²) >= 11 is 14.4. The van der Waals surface area contributed by atoms with Gasteiger partial charge in [0.25, 0.3) is 11.8 Å². The smallest absolute Gasteiger partial charge is 0.260 e. The van der Waals surface area contributed by atoms with Crippen molar-refractivity contribution in [3.63, 3.8) is 0 Å². The van der Waals surface area contributed by atoms with Crippen LogP contribution in [0.25, 0.3) is 0 Å². The fourth-order valence-electron chi connectivity index (χ4n) is 8.73. The van der Waals surface area contributed by atoms with Crippen molar-refractivity contribution >= 4 is 63.9 Å². The quantitative estimate of drug-likeness (QED) is 0.153. The van der Waals surface area contributed by atoms with Crippen LogP contribution in [-0.4, -0.2) is 45.8 Å². The van der Waals surface area contributed by atoms with Crippen molar-refractivity contribution in [1.82, 2.24) is 9.91 Å². The van der Waals surface area contributed by atoms with Crippen molar-refractivity contribution < 1.29 is 33.4 Å². The zero-order valence-electron chi connectivity index (χ0n) is 27.0. The second kappa shape index (κ2) is 12.5. The van der Waals surface area contributed by atoms with Crippen LogP contribution in [0.3, 0.4) is 0 Å². The van der Waals surface area contributed by atoms with Crippen LogP contribution in [0.2, 0.25) is 10.0 Å². The maximum Gasteiger partial charge on any atom is 0.260 e. The Balaban J connectivity index is 1.33. The number of carbonyl (C=O) groups excluding carboxylic acids is 4. The fourth-order valence-corrected chi connectivity index (χ4v) is 9.76. The Bertz CT molecular complexity index is 2130. The molecular weight excluding hydrogens is 716 g/mol. The molecule has 1 aromatic heterocycles. The lowest BCUT2D eigenvalue weighted by Gasteiger charge is -2.50. The van der Waals surface area contributed by atoms with Gasteiger partial charge in [-0.25, -0.2) is 4.39 Å². The summed E-state index contributed by atoms with van der Waals surface area (Å²) in [5, 5.41) is 14.0. The van der Waals surface area contributed by atoms with Crippen molar-refractivity contribution in [1.29, 1.82) is 0 Å². The van der Waals surface area contributed by atoms with Crippen molar-refractivity contribution in [3.8, 4) is 11.5 Å². The molecule has 2 saturated heterocycles. The molecular formula is C38H30Cl2FN3O6S. The highest BCUT2D eigenvalue weighted by atomic mass is 35.5. The number of fused-ring (bicyclic) bond motifs is 4. The highest BCUT2D eigenvalue weighted by Crippen LogP contribution is 2.64. The van der Waals surface area contributed by atoms with Crippen LogP contribution < -0.4 is 10.2 Å². The number of phenolic OH excluding ortho intramolecular Hbond substituents is 1. The van der Waals surface area contributed by atoms with E-state index in [1.807, 2.05) is 23.6 Å². The molecule has 0 bridgehead atoms. The second-order valence-electron chi connectivity index (χ2n) is 13.3. The highest BCUT2D eigenvalue weighted by Gasteiger charge is 2.70. The van der Waals surface area contributed by atoms with Gasteiger partial charge in [-0.15, -0.1) is 11.3 Å². The third kappa shape index (κ3) is 5.08. The zero-order valence-corrected chi connectivity index (χ0v) is 29.3. The first kappa shape index (κ1) is 33.4. The number of rotatable bonds is 7. The van der Waals surface area contributed by atoms with E-state index in [0.717, 1.165) is 15.5 Å². The van der Waals surface area contributed by atoms with Gasteiger partial charge >= 0.3 is 0 Å². The normalized spacial score (nSPS) is 26.9. The summed E-state index contributed by atoms with van der Waals surface area (Å²) in [6, 6.07) is 18.9. The van der Waals surface area contributed by atoms with Gasteiger partial charge in [0.1, 0.15) is 5.82 Å². The van der Waals surface area contributed by atoms with Gasteiger partial charge in [0.05, 0.1) is 47.5 Å². The van der Waals surface area contributed by atoms with Crippen LogP contribution in [0.4, 0.5) is 10.1 Å². The number of allylic oxidation sites excluding steroid dienone is 2. The van der Waals surface area contributed by atoms with Gasteiger partial charge in [-0.2, -0.15) is 5.01 Å². The molecule has 2 aliphatic heterocycles. The van der Waals surface area contributed by atoms with Gasteiger partial charge in [-0.3, -0.25) is 29.5 Å². The number of imide groups is 2. The van der Waals surface area contributed by atoms with E-state index in [-0.39, 0.29) is 47.7 Å². The van der Waals surface area contributed by atoms with E-state index >= 15 is 4.79 Å². The standard InChI is InChI=1S/C38H30Cl2FN3O6S/c1-50-30-16-19(15-29(40)33(30)45)32-25-12-13-26-31(36(48)43(34(26)46)18-24-3-2-14-51-24)27(25)17-28-35(47)44(42-23-10-8-22(41)9-11-23)37(49)38(28,32)20-4-6-21(39)7-5-20/h2-12,14-16,26-28,31-32,42,45H,13,17-18H2,1H3. The number of hydrogen-bond donors (Lipinski definition) is 2. The number of amides is 4. The molecule has 6 atom stereocenters. The van der Waals surface area contributed by atoms with Crippen LogP contribution in [0.15, 0.2) is 89.8 Å². The molecule has 13 heteroatoms. The van der Waals surface area contributed by atoms with Crippen LogP contribution in [-0.2, 0) is 31.1 Å². The van der Waals surface area contributed by atoms with Crippen molar-refractivity contribution in [2.24, 2.45) is 23.7 Å². The van der Waals surface area contributed by atoms with Gasteiger partial charge in [0, 0.05) is 15.8 Å². The first-order valence-corrected chi connectivity index (χ1v) is 18.0. The number of carbonyl (C=O) groups is 4. The topological polar surface area (TPSA) is 116 Å². The van der Waals surface area contributed by atoms with Gasteiger partial charge in [-0.05, 0) is 89.9 Å². The number of benzene rings is 3. The average molecular weight is 747 g/mol. The molecule has 0 radical (unpaired) electrons. The summed E-state index contributed by atoms with van der Waals surface area (Å²) in [7, 11) is 1.38. The number of anilines is 1. The fraction of sp³-hybridized carbons (Fsp3) is 0.263. The number of methoxy groups -OCH3 is 1. The van der Waals surface area contributed by atoms with Crippen LogP contribution in [0.5, 0.6) is 11.5 Å². The Kier molecular flexibility index (Phi) is 8.20. The molecule has 4 aliphatic rings. The van der Waals surface area contributed by atoms with Gasteiger partial charge in [0.15, 0.2) is 11.5 Å². The third-order valence-electron chi connectivity index (χ3n) is 10.8. The summed E-state index contributed by atoms with van der Waals surface area (Å²) < 4.78 is 19.4. The van der Waals surface area contributed by atoms with Crippen LogP contribution in [0.1, 0.15) is 34.8 Å². The van der Waals surface area contributed by atoms with Gasteiger partial charge in [-0.1, -0.05) is 53.1 Å². The van der Waals surface area contributed by atoms with Gasteiger partial charge in [0.2, 0.25) is 11.8 Å². The monoisotopic (exact) mass is 745 g/mol. The predicted molar refractivity (Wildman–Crippen MR) is 189 cm³/mol. The minimum Gasteiger partial charge on any atom is -0.503 e. The number of nitrogens with one attached hydrogen (secondary N) is 1. The number of phenols is 1. The van der Waals surface area contributed by atoms with Crippen molar-refractivity contribution in [2.45, 2.75) is 30.7 Å². The molecule has 3 fully saturated rings. The Morgan fingerprint density at radius 2 is 1.73 bits per heavy atom. The number of hydrazine groups is 1. The number of halogens is 3. The Morgan fingerprint density at radius 1 is 0.980 bits per heavy atom. The van der Waals surface area contributed by atoms with E-state index in [1.54, 1.807) is 36.4 Å². The van der Waals surface area contributed by atoms with Crippen LogP contribution >= 0.6 is 34.5 Å². The van der Waals surface area contributed by atoms with E-state index in [0.29, 0.717) is 21.8 Å². The zero-order chi connectivity index (χ0) is 35.8. The van der Waals surface area contributed by atoms with Crippen LogP contribution in [0, 0.1) is 29.5 Å². The van der Waals surface area contributed by atoms with Crippen molar-refractivity contribution in [2.75, 3.05) is 12.5 Å². The lowest BCUT2D eigenvalue weighted by Crippen LogP contribution is -2.53. The Labute approximate surface area is 306 Å². The maximum atomic E-state index is 15.2. The number of aromatic hydroxyl groups is 1. The molecule has 51 heavy (non-hydrogen) atoms. The summed E-state index contributed by atoms with van der Waals surface area (Å²) in [5.74, 6) is -6.34. The molecule has 260 valence electrons. The number of ether oxygens (including phenoxy) is 1. The molecule has 0 spiro atoms. The minimum atomic E-state index is -1.60. The van der Waals surface area contributed by atoms with Gasteiger partial charge < -0.3 is 9.84 Å². The molecule has 2 N–H and O–H groups in total. The van der Waals surface area contributed by atoms with E-state index < -0.39 is 52.6 Å². The summed E-state index contributed by atoms with van der Waals surface area (Å²) in [4.78, 5) is 60.3. The SMILES string of the molecule is COc1cc(C2C3=CCC4C(=O)N(Cc5cccs5)C(=O)C4C3CC3C(=O)N(Nc4ccc(F)cc4)C(=O)C32c2ccc(Cl)cc2)cc(Cl)c1O. The molecule has 9 nitrogen and oxygen atoms in total. The summed E-state index contributed by atoms with van der Waals surface area (Å²) in [6.45, 7) is 0.156. The summed E-state index contributed by atoms with van der Waals surface area (Å²) in [6.07, 6.45) is 2.28. The molecule has 2 aliphatic carbocycles. The molecule has 4 amide bonds. The number of likely N-dealkylation sites (tertiary alicyclic amines) is 1. The first-order chi connectivity index (χ1) is 24.5. The first-order valence-electron chi connectivity index (χ1n) is 16.3. The number of nitrogens with zero attached hydrogens (tertiary/aromatic N) is 2. The Morgan fingerprint density at radius 3 is 2.41 bits per heavy atom. The molecule has 3 heterocycles. The largest absolute Gasteiger partial charge is 0.503 e. The molecule has 4 aromatic rings. The number of hydrogen-bond acceptors (Lipinski definition) is 8. The predicted octanol–water partition coefficient (Wildman–Crippen LogP) is 7.09. The van der Waals surface area contributed by atoms with E-state index in [4.69, 9.17) is 27.9 Å². The number of thiophene rings is 1. The van der Waals surface area contributed by atoms with E-state index in [9.17, 15) is 23.9 Å². The van der Waals surface area contributed by atoms with E-state index in [2.05, 4.69) is 5.43 Å². The maximum absolute atomic E-state index is 15.2. The highest BCUT2D eigenvalue weighted by molar-refractivity contribution is 7.09. The van der Waals surface area contributed by atoms with Crippen molar-refractivity contribution in [3.05, 3.63) is 122 Å². The molecule has 3 aromatic carbocycles. The average Bonchev–Trinajstić information content (AvgIpc) is 3.79. The van der Waals surface area contributed by atoms with E-state index in [1.165, 1.54) is 47.6 Å². The molecule has 1 saturated carbocycles. The Hall–Kier alpha value is -4.71. The lowest BCUT2D eigenvalue weighted by molar-refractivity contribution is -0.141. The molecule has 6 unspecified atom stereocenters. The molecule has 8 rings (SSSR count). The minimum absolute atomic E-state index is 0.0316.